The van der Waals surface area contributed by atoms with Gasteiger partial charge in [-0.2, -0.15) is 5.26 Å². The molecule has 0 aliphatic carbocycles. The van der Waals surface area contributed by atoms with Crippen molar-refractivity contribution in [3.63, 3.8) is 0 Å². The fourth-order valence-electron chi connectivity index (χ4n) is 1.46. The second kappa shape index (κ2) is 7.41. The molecular weight excluding hydrogens is 383 g/mol. The van der Waals surface area contributed by atoms with Gasteiger partial charge >= 0.3 is 5.97 Å². The van der Waals surface area contributed by atoms with E-state index in [9.17, 15) is 9.59 Å². The standard InChI is InChI=1S/C15H17IN2O3/c1-10(2)15(3,9-17)18-13(19)8-21-14(20)11-6-4-5-7-12(11)16/h4-7,10H,8H2,1-3H3,(H,18,19)/t15-/m0/s1. The molecule has 112 valence electrons. The predicted octanol–water partition coefficient (Wildman–Crippen LogP) is 2.50. The summed E-state index contributed by atoms with van der Waals surface area (Å²) in [5, 5.41) is 11.7. The number of halogens is 1. The van der Waals surface area contributed by atoms with E-state index in [0.717, 1.165) is 3.57 Å². The predicted molar refractivity (Wildman–Crippen MR) is 86.4 cm³/mol. The maximum Gasteiger partial charge on any atom is 0.339 e. The summed E-state index contributed by atoms with van der Waals surface area (Å²) in [6.45, 7) is 4.90. The van der Waals surface area contributed by atoms with E-state index in [-0.39, 0.29) is 5.92 Å². The van der Waals surface area contributed by atoms with E-state index < -0.39 is 24.0 Å². The van der Waals surface area contributed by atoms with Gasteiger partial charge in [-0.25, -0.2) is 4.79 Å². The van der Waals surface area contributed by atoms with E-state index >= 15 is 0 Å². The van der Waals surface area contributed by atoms with Gasteiger partial charge in [0.05, 0.1) is 11.6 Å². The van der Waals surface area contributed by atoms with Crippen LogP contribution >= 0.6 is 22.6 Å². The van der Waals surface area contributed by atoms with E-state index in [0.29, 0.717) is 5.56 Å². The molecule has 1 aromatic carbocycles. The lowest BCUT2D eigenvalue weighted by molar-refractivity contribution is -0.125. The molecule has 1 amide bonds. The quantitative estimate of drug-likeness (QED) is 0.609. The number of ether oxygens (including phenoxy) is 1. The van der Waals surface area contributed by atoms with Crippen LogP contribution < -0.4 is 5.32 Å². The number of amides is 1. The van der Waals surface area contributed by atoms with Gasteiger partial charge in [-0.05, 0) is 47.6 Å². The molecule has 0 saturated carbocycles. The molecule has 0 aliphatic heterocycles. The van der Waals surface area contributed by atoms with Gasteiger partial charge in [0.1, 0.15) is 5.54 Å². The Morgan fingerprint density at radius 1 is 1.43 bits per heavy atom. The third-order valence-electron chi connectivity index (χ3n) is 3.21. The monoisotopic (exact) mass is 400 g/mol. The number of nitrogens with one attached hydrogen (secondary N) is 1. The third-order valence-corrected chi connectivity index (χ3v) is 4.15. The van der Waals surface area contributed by atoms with Gasteiger partial charge in [-0.15, -0.1) is 0 Å². The summed E-state index contributed by atoms with van der Waals surface area (Å²) in [7, 11) is 0. The van der Waals surface area contributed by atoms with Crippen molar-refractivity contribution in [2.24, 2.45) is 5.92 Å². The number of carbonyl (C=O) groups excluding carboxylic acids is 2. The molecule has 1 N–H and O–H groups in total. The highest BCUT2D eigenvalue weighted by molar-refractivity contribution is 14.1. The first-order chi connectivity index (χ1) is 9.80. The van der Waals surface area contributed by atoms with Crippen LogP contribution in [0, 0.1) is 20.8 Å². The molecule has 1 atom stereocenters. The number of nitriles is 1. The van der Waals surface area contributed by atoms with Crippen LogP contribution in [0.1, 0.15) is 31.1 Å². The van der Waals surface area contributed by atoms with Crippen LogP contribution in [0.5, 0.6) is 0 Å². The average Bonchev–Trinajstić information content (AvgIpc) is 2.44. The van der Waals surface area contributed by atoms with Crippen LogP contribution in [-0.4, -0.2) is 24.0 Å². The lowest BCUT2D eigenvalue weighted by Gasteiger charge is -2.27. The summed E-state index contributed by atoms with van der Waals surface area (Å²) in [6, 6.07) is 9.02. The van der Waals surface area contributed by atoms with Crippen molar-refractivity contribution in [2.45, 2.75) is 26.3 Å². The number of hydrogen-bond acceptors (Lipinski definition) is 4. The lowest BCUT2D eigenvalue weighted by Crippen LogP contribution is -2.50. The lowest BCUT2D eigenvalue weighted by atomic mass is 9.90. The summed E-state index contributed by atoms with van der Waals surface area (Å²) >= 11 is 2.02. The van der Waals surface area contributed by atoms with Gasteiger partial charge in [-0.1, -0.05) is 26.0 Å². The fraction of sp³-hybridized carbons (Fsp3) is 0.400. The molecule has 0 fully saturated rings. The Morgan fingerprint density at radius 3 is 2.57 bits per heavy atom. The van der Waals surface area contributed by atoms with Crippen molar-refractivity contribution in [2.75, 3.05) is 6.61 Å². The van der Waals surface area contributed by atoms with Crippen LogP contribution in [0.15, 0.2) is 24.3 Å². The number of benzene rings is 1. The highest BCUT2D eigenvalue weighted by Gasteiger charge is 2.30. The van der Waals surface area contributed by atoms with Crippen molar-refractivity contribution < 1.29 is 14.3 Å². The summed E-state index contributed by atoms with van der Waals surface area (Å²) < 4.78 is 5.73. The van der Waals surface area contributed by atoms with Gasteiger partial charge in [0.25, 0.3) is 5.91 Å². The minimum absolute atomic E-state index is 0.0581. The van der Waals surface area contributed by atoms with Crippen LogP contribution in [-0.2, 0) is 9.53 Å². The number of rotatable bonds is 5. The molecule has 6 heteroatoms. The Bertz CT molecular complexity index is 581. The number of hydrogen-bond donors (Lipinski definition) is 1. The largest absolute Gasteiger partial charge is 0.452 e. The van der Waals surface area contributed by atoms with Crippen molar-refractivity contribution in [1.82, 2.24) is 5.32 Å². The third kappa shape index (κ3) is 4.70. The molecule has 1 aromatic rings. The fourth-order valence-corrected chi connectivity index (χ4v) is 2.07. The zero-order chi connectivity index (χ0) is 16.0. The molecule has 0 saturated heterocycles. The normalized spacial score (nSPS) is 13.1. The van der Waals surface area contributed by atoms with Gasteiger partial charge in [0, 0.05) is 3.57 Å². The first-order valence-electron chi connectivity index (χ1n) is 6.44. The van der Waals surface area contributed by atoms with Gasteiger partial charge in [0.2, 0.25) is 0 Å². The van der Waals surface area contributed by atoms with Gasteiger partial charge in [0.15, 0.2) is 6.61 Å². The minimum atomic E-state index is -0.981. The molecule has 0 heterocycles. The first-order valence-corrected chi connectivity index (χ1v) is 7.52. The Labute approximate surface area is 137 Å². The van der Waals surface area contributed by atoms with Crippen LogP contribution in [0.4, 0.5) is 0 Å². The SMILES string of the molecule is CC(C)[C@](C)(C#N)NC(=O)COC(=O)c1ccccc1I. The molecule has 0 bridgehead atoms. The number of carbonyl (C=O) groups is 2. The summed E-state index contributed by atoms with van der Waals surface area (Å²) in [4.78, 5) is 23.7. The molecule has 0 radical (unpaired) electrons. The molecule has 0 aliphatic rings. The maximum absolute atomic E-state index is 11.9. The number of esters is 1. The zero-order valence-corrected chi connectivity index (χ0v) is 14.3. The highest BCUT2D eigenvalue weighted by Crippen LogP contribution is 2.15. The zero-order valence-electron chi connectivity index (χ0n) is 12.1. The van der Waals surface area contributed by atoms with Crippen molar-refractivity contribution in [3.8, 4) is 6.07 Å². The number of nitrogens with zero attached hydrogens (tertiary/aromatic N) is 1. The van der Waals surface area contributed by atoms with Crippen LogP contribution in [0.25, 0.3) is 0 Å². The van der Waals surface area contributed by atoms with Crippen molar-refractivity contribution >= 4 is 34.5 Å². The Hall–Kier alpha value is -1.62. The average molecular weight is 400 g/mol. The molecule has 0 spiro atoms. The van der Waals surface area contributed by atoms with Crippen molar-refractivity contribution in [1.29, 1.82) is 5.26 Å². The summed E-state index contributed by atoms with van der Waals surface area (Å²) in [6.07, 6.45) is 0. The molecule has 21 heavy (non-hydrogen) atoms. The van der Waals surface area contributed by atoms with E-state index in [2.05, 4.69) is 11.4 Å². The van der Waals surface area contributed by atoms with E-state index in [1.807, 2.05) is 42.5 Å². The van der Waals surface area contributed by atoms with E-state index in [4.69, 9.17) is 10.00 Å². The van der Waals surface area contributed by atoms with Gasteiger partial charge < -0.3 is 10.1 Å². The van der Waals surface area contributed by atoms with Gasteiger partial charge in [-0.3, -0.25) is 4.79 Å². The second-order valence-electron chi connectivity index (χ2n) is 5.07. The Kier molecular flexibility index (Phi) is 6.15. The topological polar surface area (TPSA) is 79.2 Å². The highest BCUT2D eigenvalue weighted by atomic mass is 127. The maximum atomic E-state index is 11.9. The molecule has 5 nitrogen and oxygen atoms in total. The molecule has 1 rings (SSSR count). The van der Waals surface area contributed by atoms with Crippen LogP contribution in [0.2, 0.25) is 0 Å². The summed E-state index contributed by atoms with van der Waals surface area (Å²) in [5.74, 6) is -1.11. The first kappa shape index (κ1) is 17.4. The Balaban J connectivity index is 2.60. The summed E-state index contributed by atoms with van der Waals surface area (Å²) in [5.41, 5.74) is -0.567. The Morgan fingerprint density at radius 2 is 2.05 bits per heavy atom. The molecular formula is C15H17IN2O3. The van der Waals surface area contributed by atoms with Crippen LogP contribution in [0.3, 0.4) is 0 Å². The second-order valence-corrected chi connectivity index (χ2v) is 6.24. The molecule has 0 unspecified atom stereocenters. The van der Waals surface area contributed by atoms with E-state index in [1.165, 1.54) is 0 Å². The minimum Gasteiger partial charge on any atom is -0.452 e. The molecule has 0 aromatic heterocycles. The smallest absolute Gasteiger partial charge is 0.339 e. The van der Waals surface area contributed by atoms with E-state index in [1.54, 1.807) is 25.1 Å². The van der Waals surface area contributed by atoms with Crippen molar-refractivity contribution in [3.05, 3.63) is 33.4 Å².